The van der Waals surface area contributed by atoms with Crippen molar-refractivity contribution in [1.82, 2.24) is 5.16 Å². The van der Waals surface area contributed by atoms with Crippen LogP contribution in [0.5, 0.6) is 0 Å². The Balaban J connectivity index is 1.28. The minimum Gasteiger partial charge on any atom is -0.452 e. The summed E-state index contributed by atoms with van der Waals surface area (Å²) in [6.07, 6.45) is 0. The van der Waals surface area contributed by atoms with Gasteiger partial charge < -0.3 is 24.2 Å². The Bertz CT molecular complexity index is 1090. The van der Waals surface area contributed by atoms with Crippen LogP contribution >= 0.6 is 11.8 Å². The van der Waals surface area contributed by atoms with Crippen LogP contribution in [0.15, 0.2) is 64.0 Å². The van der Waals surface area contributed by atoms with E-state index in [-0.39, 0.29) is 6.61 Å². The number of ether oxygens (including phenoxy) is 2. The molecule has 2 aromatic carbocycles. The minimum atomic E-state index is -0.551. The highest BCUT2D eigenvalue weighted by molar-refractivity contribution is 7.98. The normalized spacial score (nSPS) is 13.5. The van der Waals surface area contributed by atoms with E-state index in [1.165, 1.54) is 11.8 Å². The van der Waals surface area contributed by atoms with Gasteiger partial charge in [0.2, 0.25) is 0 Å². The summed E-state index contributed by atoms with van der Waals surface area (Å²) in [5.74, 6) is 0.306. The van der Waals surface area contributed by atoms with Gasteiger partial charge in [0.25, 0.3) is 5.91 Å². The summed E-state index contributed by atoms with van der Waals surface area (Å²) in [7, 11) is 0. The number of hydrogen-bond acceptors (Lipinski definition) is 8. The van der Waals surface area contributed by atoms with Crippen molar-refractivity contribution in [2.24, 2.45) is 0 Å². The lowest BCUT2D eigenvalue weighted by atomic mass is 10.2. The van der Waals surface area contributed by atoms with Crippen LogP contribution in [0.2, 0.25) is 0 Å². The molecule has 2 heterocycles. The van der Waals surface area contributed by atoms with Crippen LogP contribution < -0.4 is 10.2 Å². The molecule has 1 N–H and O–H groups in total. The Hall–Kier alpha value is -3.30. The average molecular weight is 468 g/mol. The van der Waals surface area contributed by atoms with Crippen LogP contribution in [-0.4, -0.2) is 49.9 Å². The number of nitrogens with zero attached hydrogens (tertiary/aromatic N) is 2. The molecule has 33 heavy (non-hydrogen) atoms. The van der Waals surface area contributed by atoms with Crippen molar-refractivity contribution < 1.29 is 23.6 Å². The second-order valence-electron chi connectivity index (χ2n) is 7.49. The Morgan fingerprint density at radius 3 is 2.61 bits per heavy atom. The molecule has 0 atom stereocenters. The molecule has 1 amide bonds. The van der Waals surface area contributed by atoms with Gasteiger partial charge >= 0.3 is 5.97 Å². The highest BCUT2D eigenvalue weighted by atomic mass is 32.2. The summed E-state index contributed by atoms with van der Waals surface area (Å²) >= 11 is 1.44. The van der Waals surface area contributed by atoms with Crippen molar-refractivity contribution >= 4 is 35.0 Å². The standard InChI is InChI=1S/C24H25N3O5S/c1-17-14-20(32-26-17)16-33-22-5-3-2-4-21(22)24(29)31-15-23(28)25-18-6-8-19(9-7-18)27-10-12-30-13-11-27/h2-9,14H,10-13,15-16H2,1H3,(H,25,28). The lowest BCUT2D eigenvalue weighted by molar-refractivity contribution is -0.119. The summed E-state index contributed by atoms with van der Waals surface area (Å²) in [6.45, 7) is 4.60. The van der Waals surface area contributed by atoms with Crippen molar-refractivity contribution in [3.8, 4) is 0 Å². The SMILES string of the molecule is Cc1cc(CSc2ccccc2C(=O)OCC(=O)Nc2ccc(N3CCOCC3)cc2)on1. The number of esters is 1. The number of thioether (sulfide) groups is 1. The average Bonchev–Trinajstić information content (AvgIpc) is 3.27. The lowest BCUT2D eigenvalue weighted by Crippen LogP contribution is -2.36. The van der Waals surface area contributed by atoms with Gasteiger partial charge in [0.15, 0.2) is 6.61 Å². The number of anilines is 2. The number of morpholine rings is 1. The third-order valence-electron chi connectivity index (χ3n) is 5.02. The van der Waals surface area contributed by atoms with Crippen LogP contribution in [0, 0.1) is 6.92 Å². The smallest absolute Gasteiger partial charge is 0.339 e. The second kappa shape index (κ2) is 11.0. The Morgan fingerprint density at radius 2 is 1.88 bits per heavy atom. The summed E-state index contributed by atoms with van der Waals surface area (Å²) in [4.78, 5) is 27.9. The van der Waals surface area contributed by atoms with Crippen LogP contribution in [-0.2, 0) is 20.0 Å². The second-order valence-corrected chi connectivity index (χ2v) is 8.51. The number of hydrogen-bond donors (Lipinski definition) is 1. The maximum Gasteiger partial charge on any atom is 0.339 e. The fraction of sp³-hybridized carbons (Fsp3) is 0.292. The van der Waals surface area contributed by atoms with E-state index in [1.807, 2.05) is 49.4 Å². The highest BCUT2D eigenvalue weighted by Gasteiger charge is 2.16. The van der Waals surface area contributed by atoms with Crippen LogP contribution in [0.25, 0.3) is 0 Å². The molecule has 8 nitrogen and oxygen atoms in total. The van der Waals surface area contributed by atoms with Crippen molar-refractivity contribution in [3.63, 3.8) is 0 Å². The number of benzene rings is 2. The van der Waals surface area contributed by atoms with Crippen LogP contribution in [0.1, 0.15) is 21.8 Å². The Morgan fingerprint density at radius 1 is 1.12 bits per heavy atom. The first-order valence-corrected chi connectivity index (χ1v) is 11.6. The molecule has 1 aliphatic heterocycles. The molecule has 3 aromatic rings. The number of nitrogens with one attached hydrogen (secondary N) is 1. The molecule has 4 rings (SSSR count). The molecule has 9 heteroatoms. The third-order valence-corrected chi connectivity index (χ3v) is 6.11. The Kier molecular flexibility index (Phi) is 7.64. The summed E-state index contributed by atoms with van der Waals surface area (Å²) < 4.78 is 15.8. The number of amides is 1. The molecule has 0 spiro atoms. The van der Waals surface area contributed by atoms with Gasteiger partial charge in [-0.15, -0.1) is 11.8 Å². The highest BCUT2D eigenvalue weighted by Crippen LogP contribution is 2.27. The zero-order valence-corrected chi connectivity index (χ0v) is 19.1. The first-order chi connectivity index (χ1) is 16.1. The molecule has 1 saturated heterocycles. The van der Waals surface area contributed by atoms with Gasteiger partial charge in [0.05, 0.1) is 30.2 Å². The van der Waals surface area contributed by atoms with Crippen molar-refractivity contribution in [2.45, 2.75) is 17.6 Å². The zero-order valence-electron chi connectivity index (χ0n) is 18.3. The summed E-state index contributed by atoms with van der Waals surface area (Å²) in [5, 5.41) is 6.62. The largest absolute Gasteiger partial charge is 0.452 e. The predicted molar refractivity (Wildman–Crippen MR) is 126 cm³/mol. The van der Waals surface area contributed by atoms with Crippen molar-refractivity contribution in [2.75, 3.05) is 43.1 Å². The monoisotopic (exact) mass is 467 g/mol. The lowest BCUT2D eigenvalue weighted by Gasteiger charge is -2.28. The number of carbonyl (C=O) groups excluding carboxylic acids is 2. The maximum absolute atomic E-state index is 12.6. The van der Waals surface area contributed by atoms with Crippen molar-refractivity contribution in [1.29, 1.82) is 0 Å². The molecule has 0 bridgehead atoms. The predicted octanol–water partition coefficient (Wildman–Crippen LogP) is 3.91. The summed E-state index contributed by atoms with van der Waals surface area (Å²) in [5.41, 5.74) is 2.94. The van der Waals surface area contributed by atoms with E-state index >= 15 is 0 Å². The minimum absolute atomic E-state index is 0.371. The number of carbonyl (C=O) groups is 2. The number of rotatable bonds is 8. The molecular weight excluding hydrogens is 442 g/mol. The van der Waals surface area contributed by atoms with E-state index in [2.05, 4.69) is 15.4 Å². The third kappa shape index (κ3) is 6.36. The molecule has 1 aliphatic rings. The van der Waals surface area contributed by atoms with Crippen molar-refractivity contribution in [3.05, 3.63) is 71.6 Å². The van der Waals surface area contributed by atoms with Gasteiger partial charge in [0.1, 0.15) is 5.76 Å². The van der Waals surface area contributed by atoms with Crippen LogP contribution in [0.4, 0.5) is 11.4 Å². The van der Waals surface area contributed by atoms with Crippen LogP contribution in [0.3, 0.4) is 0 Å². The van der Waals surface area contributed by atoms with Gasteiger partial charge in [0, 0.05) is 35.4 Å². The molecule has 0 saturated carbocycles. The molecule has 1 fully saturated rings. The van der Waals surface area contributed by atoms with E-state index < -0.39 is 11.9 Å². The number of aryl methyl sites for hydroxylation is 1. The topological polar surface area (TPSA) is 93.9 Å². The van der Waals surface area contributed by atoms with Gasteiger partial charge in [-0.1, -0.05) is 17.3 Å². The van der Waals surface area contributed by atoms with E-state index in [0.29, 0.717) is 30.2 Å². The molecule has 0 aliphatic carbocycles. The molecule has 0 radical (unpaired) electrons. The van der Waals surface area contributed by atoms with Gasteiger partial charge in [-0.05, 0) is 43.3 Å². The molecule has 1 aromatic heterocycles. The molecular formula is C24H25N3O5S. The van der Waals surface area contributed by atoms with E-state index in [9.17, 15) is 9.59 Å². The van der Waals surface area contributed by atoms with E-state index in [0.717, 1.165) is 35.1 Å². The summed E-state index contributed by atoms with van der Waals surface area (Å²) in [6, 6.07) is 16.6. The molecule has 172 valence electrons. The fourth-order valence-electron chi connectivity index (χ4n) is 3.38. The van der Waals surface area contributed by atoms with Gasteiger partial charge in [-0.3, -0.25) is 4.79 Å². The van der Waals surface area contributed by atoms with Gasteiger partial charge in [-0.2, -0.15) is 0 Å². The first-order valence-electron chi connectivity index (χ1n) is 10.6. The number of aromatic nitrogens is 1. The van der Waals surface area contributed by atoms with E-state index in [1.54, 1.807) is 12.1 Å². The van der Waals surface area contributed by atoms with Gasteiger partial charge in [-0.25, -0.2) is 4.79 Å². The molecule has 0 unspecified atom stereocenters. The van der Waals surface area contributed by atoms with E-state index in [4.69, 9.17) is 14.0 Å². The quantitative estimate of drug-likeness (QED) is 0.394. The maximum atomic E-state index is 12.6. The zero-order chi connectivity index (χ0) is 23.0. The Labute approximate surface area is 196 Å². The fourth-order valence-corrected chi connectivity index (χ4v) is 4.29. The first kappa shape index (κ1) is 22.9.